The number of aryl methyl sites for hydroxylation is 2. The van der Waals surface area contributed by atoms with Crippen LogP contribution in [0.2, 0.25) is 0 Å². The molecule has 0 radical (unpaired) electrons. The average Bonchev–Trinajstić information content (AvgIpc) is 3.18. The Balaban J connectivity index is 1.37. The highest BCUT2D eigenvalue weighted by Crippen LogP contribution is 2.30. The second-order valence-electron chi connectivity index (χ2n) is 9.45. The number of hydrogen-bond acceptors (Lipinski definition) is 6. The van der Waals surface area contributed by atoms with Crippen molar-refractivity contribution in [2.45, 2.75) is 51.7 Å². The van der Waals surface area contributed by atoms with Crippen LogP contribution in [0.4, 0.5) is 5.69 Å². The zero-order valence-corrected chi connectivity index (χ0v) is 20.2. The largest absolute Gasteiger partial charge is 0.483 e. The number of para-hydroxylation sites is 1. The molecule has 0 spiro atoms. The maximum atomic E-state index is 13.6. The molecule has 1 aliphatic carbocycles. The molecule has 2 fully saturated rings. The SMILES string of the molecule is Cc1cc(CN2CCN(c3cnn(-c4ccccc4)c(=O)c3OC3CCCCC3)CC2)n(C)n1. The molecule has 2 aromatic heterocycles. The summed E-state index contributed by atoms with van der Waals surface area (Å²) in [5.74, 6) is 0.446. The summed E-state index contributed by atoms with van der Waals surface area (Å²) >= 11 is 0. The molecule has 1 saturated carbocycles. The molecule has 5 rings (SSSR count). The third-order valence-electron chi connectivity index (χ3n) is 6.95. The van der Waals surface area contributed by atoms with Crippen LogP contribution in [-0.2, 0) is 13.6 Å². The van der Waals surface area contributed by atoms with Crippen molar-refractivity contribution >= 4 is 5.69 Å². The quantitative estimate of drug-likeness (QED) is 0.560. The van der Waals surface area contributed by atoms with Gasteiger partial charge in [-0.1, -0.05) is 24.6 Å². The third-order valence-corrected chi connectivity index (χ3v) is 6.95. The molecular formula is C26H34N6O2. The van der Waals surface area contributed by atoms with Crippen LogP contribution in [-0.4, -0.2) is 56.7 Å². The summed E-state index contributed by atoms with van der Waals surface area (Å²) in [6.07, 6.45) is 7.48. The number of nitrogens with zero attached hydrogens (tertiary/aromatic N) is 6. The third kappa shape index (κ3) is 4.87. The minimum absolute atomic E-state index is 0.0983. The highest BCUT2D eigenvalue weighted by Gasteiger charge is 2.26. The highest BCUT2D eigenvalue weighted by molar-refractivity contribution is 5.57. The summed E-state index contributed by atoms with van der Waals surface area (Å²) in [5, 5.41) is 9.00. The van der Waals surface area contributed by atoms with E-state index >= 15 is 0 Å². The molecule has 3 heterocycles. The van der Waals surface area contributed by atoms with Gasteiger partial charge in [0, 0.05) is 39.8 Å². The minimum Gasteiger partial charge on any atom is -0.483 e. The van der Waals surface area contributed by atoms with Crippen LogP contribution >= 0.6 is 0 Å². The topological polar surface area (TPSA) is 68.4 Å². The first-order chi connectivity index (χ1) is 16.6. The molecule has 2 aliphatic rings. The summed E-state index contributed by atoms with van der Waals surface area (Å²) in [6, 6.07) is 11.7. The molecule has 34 heavy (non-hydrogen) atoms. The zero-order valence-electron chi connectivity index (χ0n) is 20.2. The van der Waals surface area contributed by atoms with E-state index in [4.69, 9.17) is 4.74 Å². The van der Waals surface area contributed by atoms with Gasteiger partial charge in [0.05, 0.1) is 29.4 Å². The highest BCUT2D eigenvalue weighted by atomic mass is 16.5. The van der Waals surface area contributed by atoms with Crippen LogP contribution in [0.3, 0.4) is 0 Å². The van der Waals surface area contributed by atoms with Crippen LogP contribution < -0.4 is 15.2 Å². The molecule has 0 unspecified atom stereocenters. The molecule has 8 nitrogen and oxygen atoms in total. The van der Waals surface area contributed by atoms with Gasteiger partial charge in [-0.05, 0) is 50.8 Å². The molecule has 0 atom stereocenters. The molecule has 1 aromatic carbocycles. The Morgan fingerprint density at radius 1 is 1.03 bits per heavy atom. The van der Waals surface area contributed by atoms with Crippen molar-refractivity contribution in [2.24, 2.45) is 7.05 Å². The van der Waals surface area contributed by atoms with E-state index in [9.17, 15) is 4.79 Å². The lowest BCUT2D eigenvalue weighted by Crippen LogP contribution is -2.47. The van der Waals surface area contributed by atoms with Crippen molar-refractivity contribution in [3.05, 3.63) is 64.3 Å². The van der Waals surface area contributed by atoms with E-state index in [-0.39, 0.29) is 11.7 Å². The number of hydrogen-bond donors (Lipinski definition) is 0. The predicted molar refractivity (Wildman–Crippen MR) is 133 cm³/mol. The molecule has 180 valence electrons. The first-order valence-corrected chi connectivity index (χ1v) is 12.4. The van der Waals surface area contributed by atoms with E-state index in [2.05, 4.69) is 26.1 Å². The molecule has 8 heteroatoms. The lowest BCUT2D eigenvalue weighted by Gasteiger charge is -2.36. The molecule has 1 aliphatic heterocycles. The summed E-state index contributed by atoms with van der Waals surface area (Å²) in [4.78, 5) is 18.3. The Morgan fingerprint density at radius 2 is 1.76 bits per heavy atom. The van der Waals surface area contributed by atoms with Crippen LogP contribution in [0, 0.1) is 6.92 Å². The van der Waals surface area contributed by atoms with Gasteiger partial charge in [0.25, 0.3) is 0 Å². The number of piperazine rings is 1. The molecule has 1 saturated heterocycles. The lowest BCUT2D eigenvalue weighted by molar-refractivity contribution is 0.152. The van der Waals surface area contributed by atoms with E-state index in [0.29, 0.717) is 5.75 Å². The van der Waals surface area contributed by atoms with Crippen LogP contribution in [0.1, 0.15) is 43.5 Å². The molecule has 0 bridgehead atoms. The van der Waals surface area contributed by atoms with Gasteiger partial charge in [-0.15, -0.1) is 0 Å². The van der Waals surface area contributed by atoms with Gasteiger partial charge in [0.15, 0.2) is 0 Å². The van der Waals surface area contributed by atoms with Gasteiger partial charge >= 0.3 is 5.56 Å². The van der Waals surface area contributed by atoms with Crippen LogP contribution in [0.15, 0.2) is 47.4 Å². The van der Waals surface area contributed by atoms with Gasteiger partial charge in [0.2, 0.25) is 5.75 Å². The second-order valence-corrected chi connectivity index (χ2v) is 9.45. The fourth-order valence-electron chi connectivity index (χ4n) is 5.06. The van der Waals surface area contributed by atoms with Crippen molar-refractivity contribution in [1.82, 2.24) is 24.5 Å². The summed E-state index contributed by atoms with van der Waals surface area (Å²) in [7, 11) is 2.00. The van der Waals surface area contributed by atoms with E-state index in [1.165, 1.54) is 16.8 Å². The fraction of sp³-hybridized carbons (Fsp3) is 0.500. The van der Waals surface area contributed by atoms with Crippen molar-refractivity contribution in [3.8, 4) is 11.4 Å². The standard InChI is InChI=1S/C26H34N6O2/c1-20-17-22(29(2)28-20)19-30-13-15-31(16-14-30)24-18-27-32(21-9-5-3-6-10-21)26(33)25(24)34-23-11-7-4-8-12-23/h3,5-6,9-10,17-18,23H,4,7-8,11-16,19H2,1-2H3. The first kappa shape index (κ1) is 22.7. The Morgan fingerprint density at radius 3 is 2.44 bits per heavy atom. The Bertz CT molecular complexity index is 1160. The van der Waals surface area contributed by atoms with E-state index in [0.717, 1.165) is 75.5 Å². The van der Waals surface area contributed by atoms with E-state index in [1.54, 1.807) is 0 Å². The van der Waals surface area contributed by atoms with Crippen molar-refractivity contribution in [1.29, 1.82) is 0 Å². The maximum absolute atomic E-state index is 13.6. The summed E-state index contributed by atoms with van der Waals surface area (Å²) < 4.78 is 9.86. The fourth-order valence-corrected chi connectivity index (χ4v) is 5.06. The van der Waals surface area contributed by atoms with Crippen LogP contribution in [0.25, 0.3) is 5.69 Å². The summed E-state index contributed by atoms with van der Waals surface area (Å²) in [5.41, 5.74) is 3.66. The van der Waals surface area contributed by atoms with E-state index in [1.807, 2.05) is 55.2 Å². The summed E-state index contributed by atoms with van der Waals surface area (Å²) in [6.45, 7) is 6.39. The van der Waals surface area contributed by atoms with Crippen LogP contribution in [0.5, 0.6) is 5.75 Å². The van der Waals surface area contributed by atoms with Gasteiger partial charge in [-0.2, -0.15) is 14.9 Å². The predicted octanol–water partition coefficient (Wildman–Crippen LogP) is 3.31. The first-order valence-electron chi connectivity index (χ1n) is 12.4. The number of anilines is 1. The number of benzene rings is 1. The maximum Gasteiger partial charge on any atom is 0.316 e. The average molecular weight is 463 g/mol. The van der Waals surface area contributed by atoms with Gasteiger partial charge in [-0.3, -0.25) is 14.4 Å². The zero-order chi connectivity index (χ0) is 23.5. The molecular weight excluding hydrogens is 428 g/mol. The smallest absolute Gasteiger partial charge is 0.316 e. The number of aromatic nitrogens is 4. The second kappa shape index (κ2) is 10.0. The number of ether oxygens (including phenoxy) is 1. The van der Waals surface area contributed by atoms with Crippen molar-refractivity contribution in [2.75, 3.05) is 31.1 Å². The minimum atomic E-state index is -0.179. The van der Waals surface area contributed by atoms with Crippen molar-refractivity contribution < 1.29 is 4.74 Å². The number of rotatable bonds is 6. The van der Waals surface area contributed by atoms with Gasteiger partial charge in [-0.25, -0.2) is 0 Å². The molecule has 3 aromatic rings. The molecule has 0 N–H and O–H groups in total. The van der Waals surface area contributed by atoms with Gasteiger partial charge in [0.1, 0.15) is 5.69 Å². The van der Waals surface area contributed by atoms with Crippen molar-refractivity contribution in [3.63, 3.8) is 0 Å². The molecule has 0 amide bonds. The normalized spacial score (nSPS) is 17.8. The Kier molecular flexibility index (Phi) is 6.67. The Labute approximate surface area is 200 Å². The Hall–Kier alpha value is -3.13. The van der Waals surface area contributed by atoms with E-state index < -0.39 is 0 Å². The van der Waals surface area contributed by atoms with Gasteiger partial charge < -0.3 is 9.64 Å². The monoisotopic (exact) mass is 462 g/mol. The lowest BCUT2D eigenvalue weighted by atomic mass is 9.98.